The van der Waals surface area contributed by atoms with Gasteiger partial charge in [0.1, 0.15) is 0 Å². The number of para-hydroxylation sites is 1. The number of hydrogen-bond donors (Lipinski definition) is 1. The SMILES string of the molecule is Cc1ccn(-c2ccccc2CNc2ccc([N+](=O)[O-])c(C)c2)n1. The van der Waals surface area contributed by atoms with Gasteiger partial charge in [-0.3, -0.25) is 10.1 Å². The minimum absolute atomic E-state index is 0.132. The lowest BCUT2D eigenvalue weighted by molar-refractivity contribution is -0.385. The number of aryl methyl sites for hydroxylation is 2. The first kappa shape index (κ1) is 15.7. The minimum atomic E-state index is -0.367. The van der Waals surface area contributed by atoms with Crippen LogP contribution in [0.2, 0.25) is 0 Å². The number of benzene rings is 2. The standard InChI is InChI=1S/C18H18N4O2/c1-13-11-16(7-8-17(13)22(23)24)19-12-15-5-3-4-6-18(15)21-10-9-14(2)20-21/h3-11,19H,12H2,1-2H3. The summed E-state index contributed by atoms with van der Waals surface area (Å²) >= 11 is 0. The van der Waals surface area contributed by atoms with Crippen molar-refractivity contribution < 1.29 is 4.92 Å². The third-order valence-electron chi connectivity index (χ3n) is 3.84. The van der Waals surface area contributed by atoms with Crippen LogP contribution in [0.25, 0.3) is 5.69 Å². The Hall–Kier alpha value is -3.15. The zero-order valence-corrected chi connectivity index (χ0v) is 13.6. The van der Waals surface area contributed by atoms with E-state index in [1.165, 1.54) is 6.07 Å². The van der Waals surface area contributed by atoms with Gasteiger partial charge in [-0.15, -0.1) is 0 Å². The summed E-state index contributed by atoms with van der Waals surface area (Å²) in [6.07, 6.45) is 1.93. The van der Waals surface area contributed by atoms with Gasteiger partial charge in [0.25, 0.3) is 5.69 Å². The molecule has 1 heterocycles. The molecule has 1 aromatic heterocycles. The van der Waals surface area contributed by atoms with Crippen LogP contribution < -0.4 is 5.32 Å². The number of nitrogens with zero attached hydrogens (tertiary/aromatic N) is 3. The smallest absolute Gasteiger partial charge is 0.272 e. The van der Waals surface area contributed by atoms with Crippen molar-refractivity contribution in [1.29, 1.82) is 0 Å². The minimum Gasteiger partial charge on any atom is -0.381 e. The Balaban J connectivity index is 1.80. The molecule has 1 N–H and O–H groups in total. The van der Waals surface area contributed by atoms with E-state index in [4.69, 9.17) is 0 Å². The summed E-state index contributed by atoms with van der Waals surface area (Å²) in [5, 5.41) is 18.7. The Morgan fingerprint density at radius 1 is 1.17 bits per heavy atom. The number of hydrogen-bond acceptors (Lipinski definition) is 4. The molecule has 0 aliphatic heterocycles. The largest absolute Gasteiger partial charge is 0.381 e. The van der Waals surface area contributed by atoms with E-state index in [1.54, 1.807) is 19.1 Å². The number of nitro benzene ring substituents is 1. The van der Waals surface area contributed by atoms with Gasteiger partial charge in [0.2, 0.25) is 0 Å². The molecule has 0 bridgehead atoms. The van der Waals surface area contributed by atoms with Crippen LogP contribution in [0.3, 0.4) is 0 Å². The Morgan fingerprint density at radius 2 is 1.96 bits per heavy atom. The van der Waals surface area contributed by atoms with Crippen LogP contribution in [-0.4, -0.2) is 14.7 Å². The Bertz CT molecular complexity index is 886. The van der Waals surface area contributed by atoms with E-state index in [9.17, 15) is 10.1 Å². The van der Waals surface area contributed by atoms with Gasteiger partial charge < -0.3 is 5.32 Å². The van der Waals surface area contributed by atoms with Gasteiger partial charge in [-0.05, 0) is 43.7 Å². The predicted octanol–water partition coefficient (Wildman–Crippen LogP) is 4.01. The van der Waals surface area contributed by atoms with Gasteiger partial charge in [0, 0.05) is 30.1 Å². The second-order valence-electron chi connectivity index (χ2n) is 5.64. The highest BCUT2D eigenvalue weighted by Crippen LogP contribution is 2.23. The lowest BCUT2D eigenvalue weighted by Crippen LogP contribution is -2.06. The fourth-order valence-electron chi connectivity index (χ4n) is 2.60. The number of nitrogens with one attached hydrogen (secondary N) is 1. The van der Waals surface area contributed by atoms with Crippen LogP contribution in [0.4, 0.5) is 11.4 Å². The molecule has 0 saturated heterocycles. The average Bonchev–Trinajstić information content (AvgIpc) is 2.99. The molecule has 0 atom stereocenters. The number of aromatic nitrogens is 2. The third-order valence-corrected chi connectivity index (χ3v) is 3.84. The molecule has 6 nitrogen and oxygen atoms in total. The van der Waals surface area contributed by atoms with Crippen molar-refractivity contribution in [2.45, 2.75) is 20.4 Å². The second-order valence-corrected chi connectivity index (χ2v) is 5.64. The van der Waals surface area contributed by atoms with Crippen LogP contribution in [0, 0.1) is 24.0 Å². The molecule has 3 aromatic rings. The number of nitro groups is 1. The Kier molecular flexibility index (Phi) is 4.29. The predicted molar refractivity (Wildman–Crippen MR) is 93.5 cm³/mol. The fourth-order valence-corrected chi connectivity index (χ4v) is 2.60. The van der Waals surface area contributed by atoms with Crippen molar-refractivity contribution in [3.8, 4) is 5.69 Å². The van der Waals surface area contributed by atoms with Crippen LogP contribution in [0.5, 0.6) is 0 Å². The quantitative estimate of drug-likeness (QED) is 0.569. The molecule has 3 rings (SSSR count). The number of rotatable bonds is 5. The van der Waals surface area contributed by atoms with E-state index in [1.807, 2.05) is 48.1 Å². The zero-order valence-electron chi connectivity index (χ0n) is 13.6. The Morgan fingerprint density at radius 3 is 2.62 bits per heavy atom. The van der Waals surface area contributed by atoms with Crippen molar-refractivity contribution in [2.24, 2.45) is 0 Å². The van der Waals surface area contributed by atoms with E-state index >= 15 is 0 Å². The van der Waals surface area contributed by atoms with Gasteiger partial charge in [0.15, 0.2) is 0 Å². The molecule has 0 aliphatic carbocycles. The van der Waals surface area contributed by atoms with E-state index in [0.717, 1.165) is 22.6 Å². The molecule has 24 heavy (non-hydrogen) atoms. The highest BCUT2D eigenvalue weighted by molar-refractivity contribution is 5.54. The number of anilines is 1. The van der Waals surface area contributed by atoms with E-state index < -0.39 is 0 Å². The molecule has 0 fully saturated rings. The Labute approximate surface area is 139 Å². The normalized spacial score (nSPS) is 10.6. The van der Waals surface area contributed by atoms with Crippen molar-refractivity contribution in [2.75, 3.05) is 5.32 Å². The van der Waals surface area contributed by atoms with Gasteiger partial charge in [-0.1, -0.05) is 18.2 Å². The van der Waals surface area contributed by atoms with Crippen molar-refractivity contribution >= 4 is 11.4 Å². The van der Waals surface area contributed by atoms with Crippen LogP contribution in [0.15, 0.2) is 54.7 Å². The highest BCUT2D eigenvalue weighted by atomic mass is 16.6. The molecule has 0 unspecified atom stereocenters. The summed E-state index contributed by atoms with van der Waals surface area (Å²) in [7, 11) is 0. The first-order valence-electron chi connectivity index (χ1n) is 7.64. The molecule has 0 aliphatic rings. The summed E-state index contributed by atoms with van der Waals surface area (Å²) in [5.74, 6) is 0. The molecular formula is C18H18N4O2. The van der Waals surface area contributed by atoms with E-state index in [0.29, 0.717) is 12.1 Å². The maximum Gasteiger partial charge on any atom is 0.272 e. The zero-order chi connectivity index (χ0) is 17.1. The molecule has 122 valence electrons. The monoisotopic (exact) mass is 322 g/mol. The fraction of sp³-hybridized carbons (Fsp3) is 0.167. The third kappa shape index (κ3) is 3.27. The molecule has 2 aromatic carbocycles. The van der Waals surface area contributed by atoms with Gasteiger partial charge in [-0.2, -0.15) is 5.10 Å². The molecule has 0 amide bonds. The second kappa shape index (κ2) is 6.54. The summed E-state index contributed by atoms with van der Waals surface area (Å²) < 4.78 is 1.85. The topological polar surface area (TPSA) is 73.0 Å². The van der Waals surface area contributed by atoms with Gasteiger partial charge >= 0.3 is 0 Å². The summed E-state index contributed by atoms with van der Waals surface area (Å²) in [4.78, 5) is 10.5. The first-order chi connectivity index (χ1) is 11.5. The van der Waals surface area contributed by atoms with Crippen molar-refractivity contribution in [3.63, 3.8) is 0 Å². The summed E-state index contributed by atoms with van der Waals surface area (Å²) in [6.45, 7) is 4.30. The van der Waals surface area contributed by atoms with Crippen molar-refractivity contribution in [3.05, 3.63) is 81.7 Å². The van der Waals surface area contributed by atoms with Crippen LogP contribution >= 0.6 is 0 Å². The first-order valence-corrected chi connectivity index (χ1v) is 7.64. The highest BCUT2D eigenvalue weighted by Gasteiger charge is 2.10. The summed E-state index contributed by atoms with van der Waals surface area (Å²) in [5.41, 5.74) is 4.69. The average molecular weight is 322 g/mol. The molecule has 0 spiro atoms. The lowest BCUT2D eigenvalue weighted by Gasteiger charge is -2.12. The molecule has 0 radical (unpaired) electrons. The van der Waals surface area contributed by atoms with Crippen LogP contribution in [0.1, 0.15) is 16.8 Å². The van der Waals surface area contributed by atoms with Gasteiger partial charge in [0.05, 0.1) is 16.3 Å². The molecule has 6 heteroatoms. The van der Waals surface area contributed by atoms with Crippen LogP contribution in [-0.2, 0) is 6.54 Å². The van der Waals surface area contributed by atoms with Gasteiger partial charge in [-0.25, -0.2) is 4.68 Å². The van der Waals surface area contributed by atoms with Crippen molar-refractivity contribution in [1.82, 2.24) is 9.78 Å². The van der Waals surface area contributed by atoms with E-state index in [2.05, 4.69) is 10.4 Å². The maximum absolute atomic E-state index is 10.9. The lowest BCUT2D eigenvalue weighted by atomic mass is 10.1. The van der Waals surface area contributed by atoms with E-state index in [-0.39, 0.29) is 10.6 Å². The molecular weight excluding hydrogens is 304 g/mol. The molecule has 0 saturated carbocycles. The maximum atomic E-state index is 10.9. The summed E-state index contributed by atoms with van der Waals surface area (Å²) in [6, 6.07) is 15.0.